The Morgan fingerprint density at radius 1 is 0.392 bits per heavy atom. The van der Waals surface area contributed by atoms with Gasteiger partial charge in [0.25, 0.3) is 0 Å². The van der Waals surface area contributed by atoms with Crippen molar-refractivity contribution in [1.82, 2.24) is 0 Å². The van der Waals surface area contributed by atoms with E-state index in [4.69, 9.17) is 52.1 Å². The van der Waals surface area contributed by atoms with Gasteiger partial charge in [-0.25, -0.2) is 4.79 Å². The van der Waals surface area contributed by atoms with E-state index in [1.165, 1.54) is 0 Å². The zero-order chi connectivity index (χ0) is 53.5. The predicted octanol–water partition coefficient (Wildman–Crippen LogP) is 11.9. The lowest BCUT2D eigenvalue weighted by Gasteiger charge is -2.50. The Bertz CT molecular complexity index is 2880. The first-order chi connectivity index (χ1) is 39.0. The van der Waals surface area contributed by atoms with E-state index in [0.29, 0.717) is 25.0 Å². The van der Waals surface area contributed by atoms with Gasteiger partial charge < -0.3 is 52.1 Å². The van der Waals surface area contributed by atoms with Crippen molar-refractivity contribution in [3.05, 3.63) is 251 Å². The van der Waals surface area contributed by atoms with E-state index in [0.717, 1.165) is 52.6 Å². The highest BCUT2D eigenvalue weighted by molar-refractivity contribution is 5.89. The van der Waals surface area contributed by atoms with Crippen molar-refractivity contribution in [1.29, 1.82) is 0 Å². The monoisotopic (exact) mass is 1070 g/mol. The molecule has 2 heterocycles. The van der Waals surface area contributed by atoms with Crippen LogP contribution in [0.25, 0.3) is 0 Å². The van der Waals surface area contributed by atoms with Crippen LogP contribution in [0.2, 0.25) is 0 Å². The van der Waals surface area contributed by atoms with Crippen LogP contribution in [0.3, 0.4) is 0 Å². The molecule has 11 atom stereocenters. The molecule has 0 bridgehead atoms. The summed E-state index contributed by atoms with van der Waals surface area (Å²) in [5.74, 6) is -1.50. The first-order valence-corrected chi connectivity index (χ1v) is 27.9. The van der Waals surface area contributed by atoms with E-state index < -0.39 is 79.1 Å². The van der Waals surface area contributed by atoms with Gasteiger partial charge in [0.05, 0.1) is 51.8 Å². The quantitative estimate of drug-likeness (QED) is 0.0568. The van der Waals surface area contributed by atoms with E-state index in [9.17, 15) is 4.79 Å². The van der Waals surface area contributed by atoms with Crippen LogP contribution in [0.15, 0.2) is 212 Å². The topological polar surface area (TPSA) is 119 Å². The summed E-state index contributed by atoms with van der Waals surface area (Å²) in [4.78, 5) is 14.7. The van der Waals surface area contributed by atoms with Crippen LogP contribution >= 0.6 is 0 Å². The van der Waals surface area contributed by atoms with Gasteiger partial charge in [0.15, 0.2) is 18.2 Å². The summed E-state index contributed by atoms with van der Waals surface area (Å²) >= 11 is 0. The van der Waals surface area contributed by atoms with Crippen LogP contribution in [-0.2, 0) is 91.7 Å². The second-order valence-corrected chi connectivity index (χ2v) is 20.8. The summed E-state index contributed by atoms with van der Waals surface area (Å²) in [6, 6.07) is 68.9. The summed E-state index contributed by atoms with van der Waals surface area (Å²) in [5.41, 5.74) is 6.11. The minimum absolute atomic E-state index is 0.0738. The highest BCUT2D eigenvalue weighted by Gasteiger charge is 2.64. The van der Waals surface area contributed by atoms with E-state index in [1.807, 2.05) is 176 Å². The van der Waals surface area contributed by atoms with E-state index in [-0.39, 0.29) is 39.6 Å². The fraction of sp³-hybridized carbons (Fsp3) is 0.358. The number of ether oxygens (including phenoxy) is 11. The minimum Gasteiger partial charge on any atom is -0.450 e. The molecule has 0 unspecified atom stereocenters. The van der Waals surface area contributed by atoms with Crippen LogP contribution in [0.5, 0.6) is 0 Å². The second kappa shape index (κ2) is 27.2. The van der Waals surface area contributed by atoms with Crippen LogP contribution in [0.1, 0.15) is 75.8 Å². The molecule has 0 radical (unpaired) electrons. The zero-order valence-corrected chi connectivity index (χ0v) is 44.4. The zero-order valence-electron chi connectivity index (χ0n) is 44.4. The largest absolute Gasteiger partial charge is 0.450 e. The maximum absolute atomic E-state index is 14.7. The number of benzene rings is 7. The Balaban J connectivity index is 1.02. The first kappa shape index (κ1) is 54.6. The van der Waals surface area contributed by atoms with Crippen molar-refractivity contribution in [3.63, 3.8) is 0 Å². The van der Waals surface area contributed by atoms with Crippen molar-refractivity contribution in [3.8, 4) is 0 Å². The molecule has 11 rings (SSSR count). The Labute approximate surface area is 463 Å². The van der Waals surface area contributed by atoms with Gasteiger partial charge in [-0.1, -0.05) is 207 Å². The van der Waals surface area contributed by atoms with Crippen molar-refractivity contribution in [2.24, 2.45) is 0 Å². The van der Waals surface area contributed by atoms with Gasteiger partial charge in [0, 0.05) is 12.8 Å². The second-order valence-electron chi connectivity index (χ2n) is 20.8. The van der Waals surface area contributed by atoms with Crippen LogP contribution in [-0.4, -0.2) is 85.7 Å². The third-order valence-corrected chi connectivity index (χ3v) is 15.2. The van der Waals surface area contributed by atoms with Gasteiger partial charge in [0.1, 0.15) is 54.9 Å². The summed E-state index contributed by atoms with van der Waals surface area (Å²) in [6.07, 6.45) is -5.61. The number of rotatable bonds is 23. The van der Waals surface area contributed by atoms with Crippen molar-refractivity contribution in [2.45, 2.75) is 145 Å². The highest BCUT2D eigenvalue weighted by atomic mass is 16.8. The molecule has 7 aromatic carbocycles. The van der Waals surface area contributed by atoms with E-state index >= 15 is 0 Å². The molecule has 12 nitrogen and oxygen atoms in total. The molecule has 0 amide bonds. The maximum Gasteiger partial charge on any atom is 0.338 e. The standard InChI is InChI=1S/C67H70O12/c68-65(54-37-21-7-22-38-54)76-64-57(71-43-50-29-13-3-14-30-50)56(70-42-49-27-11-2-12-28-49)55(47-69-41-48-25-9-1-10-26-48)75-66(64)77-61-59(73-45-52-33-17-5-18-34-52)58(72-44-51-31-15-4-16-32-51)60(74-46-53-35-19-6-20-36-53)62-63(61)79-67(78-62)39-23-8-24-40-67/h1-7,9-22,25-38,55-64,66H,8,23-24,39-47H2/t55-,56-,57+,58+,59+,60-,61-,62-,63+,64+,66+/m1/s1. The van der Waals surface area contributed by atoms with Crippen molar-refractivity contribution >= 4 is 5.97 Å². The molecular weight excluding hydrogens is 997 g/mol. The molecule has 2 saturated heterocycles. The Kier molecular flexibility index (Phi) is 18.8. The minimum atomic E-state index is -1.31. The van der Waals surface area contributed by atoms with Gasteiger partial charge in [-0.15, -0.1) is 0 Å². The van der Waals surface area contributed by atoms with Crippen molar-refractivity contribution in [2.75, 3.05) is 6.61 Å². The third kappa shape index (κ3) is 14.1. The number of carbonyl (C=O) groups excluding carboxylic acids is 1. The molecule has 79 heavy (non-hydrogen) atoms. The van der Waals surface area contributed by atoms with E-state index in [2.05, 4.69) is 12.1 Å². The molecular formula is C67H70O12. The van der Waals surface area contributed by atoms with E-state index in [1.54, 1.807) is 24.3 Å². The average molecular weight is 1070 g/mol. The Hall–Kier alpha value is -6.39. The van der Waals surface area contributed by atoms with Gasteiger partial charge in [-0.05, 0) is 58.4 Å². The molecule has 12 heteroatoms. The summed E-state index contributed by atoms with van der Waals surface area (Å²) in [6.45, 7) is 1.48. The number of hydrogen-bond donors (Lipinski definition) is 0. The summed E-state index contributed by atoms with van der Waals surface area (Å²) < 4.78 is 78.6. The van der Waals surface area contributed by atoms with Crippen molar-refractivity contribution < 1.29 is 56.9 Å². The van der Waals surface area contributed by atoms with Gasteiger partial charge in [0.2, 0.25) is 0 Å². The molecule has 2 aliphatic carbocycles. The summed E-state index contributed by atoms with van der Waals surface area (Å²) in [7, 11) is 0. The fourth-order valence-corrected chi connectivity index (χ4v) is 11.2. The Morgan fingerprint density at radius 2 is 0.747 bits per heavy atom. The molecule has 7 aromatic rings. The average Bonchev–Trinajstić information content (AvgIpc) is 4.16. The van der Waals surface area contributed by atoms with Crippen LogP contribution < -0.4 is 0 Å². The molecule has 410 valence electrons. The lowest BCUT2D eigenvalue weighted by Crippen LogP contribution is -2.68. The maximum atomic E-state index is 14.7. The molecule has 2 saturated carbocycles. The molecule has 0 N–H and O–H groups in total. The highest BCUT2D eigenvalue weighted by Crippen LogP contribution is 2.48. The number of hydrogen-bond acceptors (Lipinski definition) is 12. The first-order valence-electron chi connectivity index (χ1n) is 27.9. The van der Waals surface area contributed by atoms with Gasteiger partial charge in [-0.3, -0.25) is 0 Å². The number of esters is 1. The van der Waals surface area contributed by atoms with Gasteiger partial charge >= 0.3 is 5.97 Å². The third-order valence-electron chi connectivity index (χ3n) is 15.2. The molecule has 4 aliphatic rings. The molecule has 1 spiro atoms. The van der Waals surface area contributed by atoms with Crippen LogP contribution in [0.4, 0.5) is 0 Å². The summed E-state index contributed by atoms with van der Waals surface area (Å²) in [5, 5.41) is 0. The lowest BCUT2D eigenvalue weighted by atomic mass is 9.83. The fourth-order valence-electron chi connectivity index (χ4n) is 11.2. The normalized spacial score (nSPS) is 26.3. The number of fused-ring (bicyclic) bond motifs is 1. The Morgan fingerprint density at radius 3 is 1.19 bits per heavy atom. The molecule has 2 aliphatic heterocycles. The smallest absolute Gasteiger partial charge is 0.338 e. The predicted molar refractivity (Wildman–Crippen MR) is 296 cm³/mol. The van der Waals surface area contributed by atoms with Gasteiger partial charge in [-0.2, -0.15) is 0 Å². The molecule has 0 aromatic heterocycles. The SMILES string of the molecule is O=C(O[C@@H]1[C@H](O[C@@H]2[C@@H](OCc3ccccc3)[C@H](OCc3ccccc3)[C@@H](OCc3ccccc3)[C@H]3OC4(CCCCC4)O[C@@H]23)O[C@H](COCc2ccccc2)[C@@H](OCc2ccccc2)[C@@H]1OCc1ccccc1)c1ccccc1. The molecule has 4 fully saturated rings. The van der Waals surface area contributed by atoms with Crippen LogP contribution in [0, 0.1) is 0 Å². The number of carbonyl (C=O) groups is 1. The lowest BCUT2D eigenvalue weighted by molar-refractivity contribution is -0.350.